The second-order valence-electron chi connectivity index (χ2n) is 9.17. The second-order valence-corrected chi connectivity index (χ2v) is 9.17. The highest BCUT2D eigenvalue weighted by Crippen LogP contribution is 2.32. The number of piperazine rings is 1. The van der Waals surface area contributed by atoms with Crippen LogP contribution in [0.1, 0.15) is 23.6 Å². The van der Waals surface area contributed by atoms with Crippen molar-refractivity contribution < 1.29 is 9.90 Å². The minimum Gasteiger partial charge on any atom is -0.508 e. The first kappa shape index (κ1) is 26.5. The molecule has 0 aliphatic carbocycles. The first-order chi connectivity index (χ1) is 18.4. The zero-order valence-corrected chi connectivity index (χ0v) is 21.8. The molecule has 0 atom stereocenters. The van der Waals surface area contributed by atoms with E-state index in [1.165, 1.54) is 12.3 Å². The van der Waals surface area contributed by atoms with E-state index in [0.717, 1.165) is 49.5 Å². The molecule has 1 aromatic heterocycles. The number of nitrogens with one attached hydrogen (secondary N) is 3. The molecular weight excluding hydrogens is 478 g/mol. The fourth-order valence-corrected chi connectivity index (χ4v) is 4.37. The van der Waals surface area contributed by atoms with E-state index >= 15 is 0 Å². The molecule has 9 nitrogen and oxygen atoms in total. The molecule has 196 valence electrons. The van der Waals surface area contributed by atoms with Gasteiger partial charge in [-0.2, -0.15) is 5.26 Å². The lowest BCUT2D eigenvalue weighted by Crippen LogP contribution is -2.46. The number of carbonyl (C=O) groups is 1. The van der Waals surface area contributed by atoms with Gasteiger partial charge in [-0.25, -0.2) is 4.98 Å². The van der Waals surface area contributed by atoms with Crippen LogP contribution < -0.4 is 20.9 Å². The van der Waals surface area contributed by atoms with Crippen LogP contribution in [0.25, 0.3) is 0 Å². The number of aromatic hydroxyl groups is 1. The number of likely N-dealkylation sites (N-methyl/N-ethyl adjacent to an activating group) is 1. The minimum absolute atomic E-state index is 0.246. The summed E-state index contributed by atoms with van der Waals surface area (Å²) in [6.07, 6.45) is 2.75. The summed E-state index contributed by atoms with van der Waals surface area (Å²) in [5.41, 5.74) is 5.11. The van der Waals surface area contributed by atoms with Crippen molar-refractivity contribution in [1.82, 2.24) is 9.88 Å². The number of anilines is 5. The van der Waals surface area contributed by atoms with Gasteiger partial charge < -0.3 is 30.9 Å². The fourth-order valence-electron chi connectivity index (χ4n) is 4.37. The van der Waals surface area contributed by atoms with Crippen LogP contribution in [0, 0.1) is 18.3 Å². The summed E-state index contributed by atoms with van der Waals surface area (Å²) in [6.45, 7) is 12.9. The number of carbonyl (C=O) groups excluding carboxylic acids is 1. The molecule has 2 heterocycles. The molecular formula is C29H33N7O2. The SMILES string of the molecule is C=CC(=O)Nc1cc(N2CCN(CC)CC2)ccc1Nc1cc(NCc2ccc(O)c(C)c2)c(C#N)cn1. The number of aryl methyl sites for hydroxylation is 1. The summed E-state index contributed by atoms with van der Waals surface area (Å²) in [4.78, 5) is 21.3. The van der Waals surface area contributed by atoms with E-state index < -0.39 is 0 Å². The number of pyridine rings is 1. The summed E-state index contributed by atoms with van der Waals surface area (Å²) in [5, 5.41) is 28.8. The molecule has 4 rings (SSSR count). The zero-order valence-electron chi connectivity index (χ0n) is 21.8. The van der Waals surface area contributed by atoms with Crippen molar-refractivity contribution in [2.75, 3.05) is 53.6 Å². The number of rotatable bonds is 9. The Hall–Kier alpha value is -4.55. The van der Waals surface area contributed by atoms with Crippen molar-refractivity contribution in [3.63, 3.8) is 0 Å². The van der Waals surface area contributed by atoms with Crippen LogP contribution in [0.15, 0.2) is 61.3 Å². The second kappa shape index (κ2) is 12.1. The van der Waals surface area contributed by atoms with Crippen molar-refractivity contribution in [3.05, 3.63) is 78.0 Å². The maximum atomic E-state index is 12.2. The van der Waals surface area contributed by atoms with E-state index in [2.05, 4.69) is 50.3 Å². The van der Waals surface area contributed by atoms with Gasteiger partial charge in [0, 0.05) is 50.7 Å². The van der Waals surface area contributed by atoms with E-state index in [4.69, 9.17) is 0 Å². The van der Waals surface area contributed by atoms with Gasteiger partial charge in [0.25, 0.3) is 0 Å². The van der Waals surface area contributed by atoms with Crippen molar-refractivity contribution in [2.45, 2.75) is 20.4 Å². The van der Waals surface area contributed by atoms with Gasteiger partial charge in [-0.15, -0.1) is 0 Å². The molecule has 1 aliphatic heterocycles. The third kappa shape index (κ3) is 6.41. The molecule has 0 unspecified atom stereocenters. The summed E-state index contributed by atoms with van der Waals surface area (Å²) in [6, 6.07) is 15.2. The number of phenols is 1. The molecule has 0 saturated carbocycles. The van der Waals surface area contributed by atoms with Crippen molar-refractivity contribution in [3.8, 4) is 11.8 Å². The van der Waals surface area contributed by atoms with Crippen molar-refractivity contribution in [2.24, 2.45) is 0 Å². The standard InChI is InChI=1S/C29H33N7O2/c1-4-29(38)34-26-15-23(36-12-10-35(5-2)11-13-36)7-8-24(26)33-28-16-25(22(17-30)19-32-28)31-18-21-6-9-27(37)20(3)14-21/h4,6-9,14-16,19,37H,1,5,10-13,18H2,2-3H3,(H,34,38)(H2,31,32,33). The molecule has 4 N–H and O–H groups in total. The van der Waals surface area contributed by atoms with Gasteiger partial charge >= 0.3 is 0 Å². The minimum atomic E-state index is -0.305. The number of hydrogen-bond donors (Lipinski definition) is 4. The van der Waals surface area contributed by atoms with Gasteiger partial charge in [0.2, 0.25) is 5.91 Å². The molecule has 9 heteroatoms. The van der Waals surface area contributed by atoms with Crippen LogP contribution >= 0.6 is 0 Å². The van der Waals surface area contributed by atoms with E-state index in [1.807, 2.05) is 37.3 Å². The van der Waals surface area contributed by atoms with Crippen LogP contribution in [0.2, 0.25) is 0 Å². The molecule has 0 spiro atoms. The molecule has 2 aromatic carbocycles. The number of hydrogen-bond acceptors (Lipinski definition) is 8. The lowest BCUT2D eigenvalue weighted by Gasteiger charge is -2.35. The van der Waals surface area contributed by atoms with Crippen LogP contribution in [-0.4, -0.2) is 53.6 Å². The topological polar surface area (TPSA) is 117 Å². The van der Waals surface area contributed by atoms with Crippen molar-refractivity contribution in [1.29, 1.82) is 5.26 Å². The van der Waals surface area contributed by atoms with E-state index in [0.29, 0.717) is 35.0 Å². The highest BCUT2D eigenvalue weighted by atomic mass is 16.3. The summed E-state index contributed by atoms with van der Waals surface area (Å²) >= 11 is 0. The third-order valence-corrected chi connectivity index (χ3v) is 6.66. The van der Waals surface area contributed by atoms with Crippen LogP contribution in [0.3, 0.4) is 0 Å². The normalized spacial score (nSPS) is 13.4. The zero-order chi connectivity index (χ0) is 27.1. The average molecular weight is 512 g/mol. The largest absolute Gasteiger partial charge is 0.508 e. The molecule has 1 fully saturated rings. The highest BCUT2D eigenvalue weighted by molar-refractivity contribution is 6.02. The summed E-state index contributed by atoms with van der Waals surface area (Å²) in [7, 11) is 0. The van der Waals surface area contributed by atoms with Gasteiger partial charge in [-0.05, 0) is 54.9 Å². The highest BCUT2D eigenvalue weighted by Gasteiger charge is 2.18. The molecule has 0 radical (unpaired) electrons. The number of nitrogens with zero attached hydrogens (tertiary/aromatic N) is 4. The number of aromatic nitrogens is 1. The number of benzene rings is 2. The Bertz CT molecular complexity index is 1360. The van der Waals surface area contributed by atoms with Crippen molar-refractivity contribution >= 4 is 34.5 Å². The maximum absolute atomic E-state index is 12.2. The lowest BCUT2D eigenvalue weighted by molar-refractivity contribution is -0.111. The summed E-state index contributed by atoms with van der Waals surface area (Å²) < 4.78 is 0. The maximum Gasteiger partial charge on any atom is 0.247 e. The van der Waals surface area contributed by atoms with Gasteiger partial charge in [0.05, 0.1) is 22.6 Å². The number of nitriles is 1. The molecule has 1 aliphatic rings. The molecule has 3 aromatic rings. The summed E-state index contributed by atoms with van der Waals surface area (Å²) in [5.74, 6) is 0.461. The molecule has 1 saturated heterocycles. The number of amides is 1. The molecule has 38 heavy (non-hydrogen) atoms. The average Bonchev–Trinajstić information content (AvgIpc) is 2.94. The first-order valence-electron chi connectivity index (χ1n) is 12.6. The predicted molar refractivity (Wildman–Crippen MR) is 152 cm³/mol. The fraction of sp³-hybridized carbons (Fsp3) is 0.276. The van der Waals surface area contributed by atoms with E-state index in [9.17, 15) is 15.2 Å². The van der Waals surface area contributed by atoms with Crippen LogP contribution in [0.5, 0.6) is 5.75 Å². The Morgan fingerprint density at radius 1 is 1.13 bits per heavy atom. The molecule has 0 bridgehead atoms. The Balaban J connectivity index is 1.55. The quantitative estimate of drug-likeness (QED) is 0.308. The van der Waals surface area contributed by atoms with Gasteiger partial charge in [-0.1, -0.05) is 25.6 Å². The van der Waals surface area contributed by atoms with Crippen LogP contribution in [0.4, 0.5) is 28.6 Å². The van der Waals surface area contributed by atoms with Gasteiger partial charge in [0.1, 0.15) is 17.6 Å². The first-order valence-corrected chi connectivity index (χ1v) is 12.6. The molecule has 1 amide bonds. The number of phenolic OH excluding ortho intramolecular Hbond substituents is 1. The lowest BCUT2D eigenvalue weighted by atomic mass is 10.1. The Kier molecular flexibility index (Phi) is 8.46. The Morgan fingerprint density at radius 3 is 2.61 bits per heavy atom. The Labute approximate surface area is 223 Å². The third-order valence-electron chi connectivity index (χ3n) is 6.66. The smallest absolute Gasteiger partial charge is 0.247 e. The van der Waals surface area contributed by atoms with Crippen LogP contribution in [-0.2, 0) is 11.3 Å². The monoisotopic (exact) mass is 511 g/mol. The van der Waals surface area contributed by atoms with Gasteiger partial charge in [-0.3, -0.25) is 4.79 Å². The van der Waals surface area contributed by atoms with E-state index in [1.54, 1.807) is 12.1 Å². The Morgan fingerprint density at radius 2 is 1.92 bits per heavy atom. The predicted octanol–water partition coefficient (Wildman–Crippen LogP) is 4.59. The van der Waals surface area contributed by atoms with Gasteiger partial charge in [0.15, 0.2) is 0 Å². The van der Waals surface area contributed by atoms with E-state index in [-0.39, 0.29) is 11.7 Å².